The van der Waals surface area contributed by atoms with E-state index in [-0.39, 0.29) is 10.5 Å². The summed E-state index contributed by atoms with van der Waals surface area (Å²) < 4.78 is 23.7. The maximum absolute atomic E-state index is 11.9. The lowest BCUT2D eigenvalue weighted by Gasteiger charge is -2.07. The zero-order valence-electron chi connectivity index (χ0n) is 7.69. The molecule has 0 N–H and O–H groups in total. The lowest BCUT2D eigenvalue weighted by Crippen LogP contribution is -2.22. The maximum Gasteiger partial charge on any atom is 0.170 e. The molecule has 0 aromatic rings. The fourth-order valence-corrected chi connectivity index (χ4v) is 4.23. The molecule has 2 aliphatic heterocycles. The van der Waals surface area contributed by atoms with Crippen molar-refractivity contribution >= 4 is 9.84 Å². The first-order valence-electron chi connectivity index (χ1n) is 4.30. The summed E-state index contributed by atoms with van der Waals surface area (Å²) in [5.74, 6) is 0. The summed E-state index contributed by atoms with van der Waals surface area (Å²) in [6.07, 6.45) is 7.16. The number of hydrogen-bond donors (Lipinski definition) is 0. The van der Waals surface area contributed by atoms with Gasteiger partial charge in [0.1, 0.15) is 10.5 Å². The number of allylic oxidation sites excluding steroid dienone is 2. The molecule has 2 heterocycles. The summed E-state index contributed by atoms with van der Waals surface area (Å²) in [6.45, 7) is 3.81. The summed E-state index contributed by atoms with van der Waals surface area (Å²) in [5, 5.41) is -0.764. The van der Waals surface area contributed by atoms with Gasteiger partial charge in [0, 0.05) is 0 Å². The highest BCUT2D eigenvalue weighted by Gasteiger charge is 2.41. The molecule has 0 radical (unpaired) electrons. The van der Waals surface area contributed by atoms with Crippen LogP contribution in [0.4, 0.5) is 0 Å². The smallest absolute Gasteiger partial charge is 0.170 e. The number of sulfone groups is 1. The van der Waals surface area contributed by atoms with E-state index >= 15 is 0 Å². The summed E-state index contributed by atoms with van der Waals surface area (Å²) in [4.78, 5) is 0. The topological polar surface area (TPSA) is 34.1 Å². The molecule has 0 fully saturated rings. The molecule has 2 nitrogen and oxygen atoms in total. The van der Waals surface area contributed by atoms with Crippen molar-refractivity contribution in [2.24, 2.45) is 0 Å². The highest BCUT2D eigenvalue weighted by atomic mass is 32.2. The molecule has 0 spiro atoms. The van der Waals surface area contributed by atoms with Crippen LogP contribution in [0.25, 0.3) is 0 Å². The van der Waals surface area contributed by atoms with Crippen LogP contribution in [0, 0.1) is 0 Å². The van der Waals surface area contributed by atoms with Gasteiger partial charge in [0.15, 0.2) is 9.84 Å². The molecule has 0 aromatic carbocycles. The van der Waals surface area contributed by atoms with Crippen LogP contribution in [0.1, 0.15) is 13.8 Å². The minimum Gasteiger partial charge on any atom is -0.227 e. The molecule has 2 rings (SSSR count). The van der Waals surface area contributed by atoms with E-state index in [1.165, 1.54) is 0 Å². The molecule has 0 aromatic heterocycles. The lowest BCUT2D eigenvalue weighted by atomic mass is 10.0. The quantitative estimate of drug-likeness (QED) is 0.552. The van der Waals surface area contributed by atoms with Gasteiger partial charge in [0.25, 0.3) is 0 Å². The zero-order valence-corrected chi connectivity index (χ0v) is 8.51. The Labute approximate surface area is 78.6 Å². The lowest BCUT2D eigenvalue weighted by molar-refractivity contribution is 0.594. The van der Waals surface area contributed by atoms with Gasteiger partial charge in [-0.2, -0.15) is 0 Å². The summed E-state index contributed by atoms with van der Waals surface area (Å²) in [5.41, 5.74) is 1.98. The molecule has 13 heavy (non-hydrogen) atoms. The third kappa shape index (κ3) is 1.03. The van der Waals surface area contributed by atoms with Gasteiger partial charge in [-0.05, 0) is 13.8 Å². The molecule has 0 saturated heterocycles. The third-order valence-corrected chi connectivity index (χ3v) is 5.30. The van der Waals surface area contributed by atoms with E-state index in [0.29, 0.717) is 0 Å². The molecular formula is C10H12O2S. The molecule has 2 bridgehead atoms. The van der Waals surface area contributed by atoms with Gasteiger partial charge in [0.05, 0.1) is 0 Å². The monoisotopic (exact) mass is 196 g/mol. The predicted molar refractivity (Wildman–Crippen MR) is 53.1 cm³/mol. The van der Waals surface area contributed by atoms with Crippen LogP contribution in [0.5, 0.6) is 0 Å². The second-order valence-corrected chi connectivity index (χ2v) is 5.76. The van der Waals surface area contributed by atoms with Crippen LogP contribution >= 0.6 is 0 Å². The minimum absolute atomic E-state index is 0.382. The standard InChI is InChI=1S/C10H12O2S/c1-7-8(2)10-6-4-3-5-9(7)13(10,11)12/h3-6,9-10H,1-2H3/t9-,10+. The van der Waals surface area contributed by atoms with Gasteiger partial charge < -0.3 is 0 Å². The van der Waals surface area contributed by atoms with Crippen molar-refractivity contribution in [2.75, 3.05) is 0 Å². The van der Waals surface area contributed by atoms with Gasteiger partial charge in [-0.15, -0.1) is 0 Å². The second-order valence-electron chi connectivity index (χ2n) is 3.57. The first-order chi connectivity index (χ1) is 6.05. The van der Waals surface area contributed by atoms with Crippen LogP contribution in [0.2, 0.25) is 0 Å². The maximum atomic E-state index is 11.9. The molecule has 70 valence electrons. The van der Waals surface area contributed by atoms with Crippen LogP contribution in [-0.4, -0.2) is 18.9 Å². The molecule has 0 amide bonds. The first kappa shape index (κ1) is 8.75. The van der Waals surface area contributed by atoms with Crippen molar-refractivity contribution in [3.05, 3.63) is 35.5 Å². The molecule has 0 saturated carbocycles. The van der Waals surface area contributed by atoms with Gasteiger partial charge >= 0.3 is 0 Å². The van der Waals surface area contributed by atoms with Gasteiger partial charge in [0.2, 0.25) is 0 Å². The Hall–Kier alpha value is -0.830. The van der Waals surface area contributed by atoms with Crippen molar-refractivity contribution in [2.45, 2.75) is 24.3 Å². The zero-order chi connectivity index (χ0) is 9.64. The number of hydrogen-bond acceptors (Lipinski definition) is 2. The van der Waals surface area contributed by atoms with Crippen molar-refractivity contribution in [1.82, 2.24) is 0 Å². The van der Waals surface area contributed by atoms with Crippen molar-refractivity contribution in [3.63, 3.8) is 0 Å². The minimum atomic E-state index is -3.01. The summed E-state index contributed by atoms with van der Waals surface area (Å²) in [7, 11) is -3.01. The van der Waals surface area contributed by atoms with Crippen molar-refractivity contribution in [3.8, 4) is 0 Å². The highest BCUT2D eigenvalue weighted by molar-refractivity contribution is 7.93. The molecule has 0 aliphatic carbocycles. The van der Waals surface area contributed by atoms with E-state index in [1.807, 2.05) is 26.0 Å². The largest absolute Gasteiger partial charge is 0.227 e. The third-order valence-electron chi connectivity index (χ3n) is 2.87. The molecule has 3 heteroatoms. The van der Waals surface area contributed by atoms with Crippen LogP contribution in [-0.2, 0) is 9.84 Å². The Kier molecular flexibility index (Phi) is 1.74. The SMILES string of the molecule is CC1=C(C)[C@@H]2C=CC=C[C@H]1S2(=O)=O. The van der Waals surface area contributed by atoms with E-state index < -0.39 is 9.84 Å². The molecule has 0 unspecified atom stereocenters. The van der Waals surface area contributed by atoms with Crippen LogP contribution in [0.15, 0.2) is 35.5 Å². The van der Waals surface area contributed by atoms with E-state index in [1.54, 1.807) is 12.2 Å². The Bertz CT molecular complexity index is 390. The van der Waals surface area contributed by atoms with Crippen LogP contribution in [0.3, 0.4) is 0 Å². The molecule has 2 atom stereocenters. The molecular weight excluding hydrogens is 184 g/mol. The van der Waals surface area contributed by atoms with Gasteiger partial charge in [-0.25, -0.2) is 8.42 Å². The van der Waals surface area contributed by atoms with Gasteiger partial charge in [-0.3, -0.25) is 0 Å². The highest BCUT2D eigenvalue weighted by Crippen LogP contribution is 2.35. The van der Waals surface area contributed by atoms with E-state index in [4.69, 9.17) is 0 Å². The fraction of sp³-hybridized carbons (Fsp3) is 0.400. The predicted octanol–water partition coefficient (Wildman–Crippen LogP) is 1.61. The average Bonchev–Trinajstić information content (AvgIpc) is 2.23. The van der Waals surface area contributed by atoms with Crippen molar-refractivity contribution < 1.29 is 8.42 Å². The normalized spacial score (nSPS) is 35.2. The van der Waals surface area contributed by atoms with E-state index in [0.717, 1.165) is 11.1 Å². The van der Waals surface area contributed by atoms with Gasteiger partial charge in [-0.1, -0.05) is 35.5 Å². The summed E-state index contributed by atoms with van der Waals surface area (Å²) >= 11 is 0. The Morgan fingerprint density at radius 3 is 1.77 bits per heavy atom. The Morgan fingerprint density at radius 1 is 1.00 bits per heavy atom. The summed E-state index contributed by atoms with van der Waals surface area (Å²) in [6, 6.07) is 0. The number of fused-ring (bicyclic) bond motifs is 2. The number of rotatable bonds is 0. The first-order valence-corrected chi connectivity index (χ1v) is 5.91. The Balaban J connectivity index is 2.70. The average molecular weight is 196 g/mol. The Morgan fingerprint density at radius 2 is 1.38 bits per heavy atom. The van der Waals surface area contributed by atoms with E-state index in [9.17, 15) is 8.42 Å². The van der Waals surface area contributed by atoms with Crippen molar-refractivity contribution in [1.29, 1.82) is 0 Å². The van der Waals surface area contributed by atoms with Crippen LogP contribution < -0.4 is 0 Å². The molecule has 2 aliphatic rings. The van der Waals surface area contributed by atoms with E-state index in [2.05, 4.69) is 0 Å². The second kappa shape index (κ2) is 2.58. The fourth-order valence-electron chi connectivity index (χ4n) is 1.94.